The summed E-state index contributed by atoms with van der Waals surface area (Å²) in [5.74, 6) is 0.946. The zero-order valence-corrected chi connectivity index (χ0v) is 15.1. The van der Waals surface area contributed by atoms with E-state index in [4.69, 9.17) is 28.9 Å². The van der Waals surface area contributed by atoms with E-state index < -0.39 is 0 Å². The highest BCUT2D eigenvalue weighted by Crippen LogP contribution is 2.22. The Balaban J connectivity index is 1.51. The lowest BCUT2D eigenvalue weighted by atomic mass is 10.00. The van der Waals surface area contributed by atoms with E-state index in [9.17, 15) is 4.79 Å². The number of carbonyl (C=O) groups is 1. The number of nitrogens with one attached hydrogen (secondary N) is 1. The molecule has 130 valence electrons. The van der Waals surface area contributed by atoms with E-state index in [1.54, 1.807) is 12.1 Å². The molecule has 0 unspecified atom stereocenters. The van der Waals surface area contributed by atoms with Gasteiger partial charge in [0.2, 0.25) is 0 Å². The van der Waals surface area contributed by atoms with Crippen molar-refractivity contribution in [3.8, 4) is 0 Å². The van der Waals surface area contributed by atoms with Crippen LogP contribution in [0.3, 0.4) is 0 Å². The van der Waals surface area contributed by atoms with Crippen molar-refractivity contribution in [1.29, 1.82) is 0 Å². The molecule has 3 N–H and O–H groups in total. The van der Waals surface area contributed by atoms with E-state index in [0.717, 1.165) is 22.4 Å². The van der Waals surface area contributed by atoms with Crippen LogP contribution in [0.4, 0.5) is 0 Å². The van der Waals surface area contributed by atoms with Gasteiger partial charge < -0.3 is 10.7 Å². The molecule has 0 radical (unpaired) electrons. The minimum atomic E-state index is -0.262. The molecule has 3 aromatic rings. The lowest BCUT2D eigenvalue weighted by Crippen LogP contribution is -2.26. The maximum Gasteiger partial charge on any atom is 0.134 e. The fourth-order valence-corrected chi connectivity index (χ4v) is 3.30. The predicted octanol–water partition coefficient (Wildman–Crippen LogP) is 4.33. The Kier molecular flexibility index (Phi) is 5.74. The molecule has 0 bridgehead atoms. The number of nitrogens with two attached hydrogens (primary N) is 1. The molecule has 0 aliphatic heterocycles. The number of imidazole rings is 1. The first kappa shape index (κ1) is 17.9. The van der Waals surface area contributed by atoms with E-state index >= 15 is 0 Å². The van der Waals surface area contributed by atoms with Crippen LogP contribution in [0.5, 0.6) is 0 Å². The topological polar surface area (TPSA) is 71.8 Å². The summed E-state index contributed by atoms with van der Waals surface area (Å²) < 4.78 is 0. The number of aromatic nitrogens is 2. The molecule has 0 aliphatic carbocycles. The number of ketones is 1. The average Bonchev–Trinajstić information content (AvgIpc) is 2.98. The van der Waals surface area contributed by atoms with Crippen LogP contribution in [-0.2, 0) is 17.6 Å². The summed E-state index contributed by atoms with van der Waals surface area (Å²) in [4.78, 5) is 19.9. The first-order valence-corrected chi connectivity index (χ1v) is 8.91. The first-order chi connectivity index (χ1) is 12.0. The van der Waals surface area contributed by atoms with Crippen molar-refractivity contribution in [2.24, 2.45) is 5.73 Å². The largest absolute Gasteiger partial charge is 0.342 e. The number of fused-ring (bicyclic) bond motifs is 1. The van der Waals surface area contributed by atoms with Crippen molar-refractivity contribution in [1.82, 2.24) is 9.97 Å². The number of halogens is 2. The van der Waals surface area contributed by atoms with Gasteiger partial charge in [-0.3, -0.25) is 4.79 Å². The molecule has 1 atom stereocenters. The molecule has 0 spiro atoms. The van der Waals surface area contributed by atoms with Crippen LogP contribution in [-0.4, -0.2) is 21.8 Å². The van der Waals surface area contributed by atoms with E-state index in [1.807, 2.05) is 30.3 Å². The number of para-hydroxylation sites is 2. The molecule has 0 saturated heterocycles. The SMILES string of the molecule is N[C@@H](CC(=O)CCc1nc2ccccc2[nH]1)Cc1ccc(Cl)cc1Cl. The molecule has 4 nitrogen and oxygen atoms in total. The zero-order valence-electron chi connectivity index (χ0n) is 13.6. The van der Waals surface area contributed by atoms with Gasteiger partial charge in [0.15, 0.2) is 0 Å². The molecule has 1 heterocycles. The first-order valence-electron chi connectivity index (χ1n) is 8.16. The third-order valence-electron chi connectivity index (χ3n) is 4.07. The standard InChI is InChI=1S/C19H19Cl2N3O/c20-13-6-5-12(16(21)10-13)9-14(22)11-15(25)7-8-19-23-17-3-1-2-4-18(17)24-19/h1-6,10,14H,7-9,11,22H2,(H,23,24)/t14-/m1/s1. The number of nitrogens with zero attached hydrogens (tertiary/aromatic N) is 1. The molecular formula is C19H19Cl2N3O. The van der Waals surface area contributed by atoms with Crippen LogP contribution in [0.1, 0.15) is 24.2 Å². The van der Waals surface area contributed by atoms with Crippen molar-refractivity contribution < 1.29 is 4.79 Å². The van der Waals surface area contributed by atoms with E-state index in [1.165, 1.54) is 0 Å². The van der Waals surface area contributed by atoms with Gasteiger partial charge in [0.25, 0.3) is 0 Å². The number of rotatable bonds is 7. The average molecular weight is 376 g/mol. The van der Waals surface area contributed by atoms with Gasteiger partial charge in [-0.15, -0.1) is 0 Å². The normalized spacial score (nSPS) is 12.4. The van der Waals surface area contributed by atoms with Gasteiger partial charge in [-0.05, 0) is 36.2 Å². The smallest absolute Gasteiger partial charge is 0.134 e. The van der Waals surface area contributed by atoms with E-state index in [2.05, 4.69) is 9.97 Å². The second kappa shape index (κ2) is 8.00. The van der Waals surface area contributed by atoms with Crippen LogP contribution in [0, 0.1) is 0 Å². The lowest BCUT2D eigenvalue weighted by molar-refractivity contribution is -0.119. The molecule has 0 saturated carbocycles. The highest BCUT2D eigenvalue weighted by Gasteiger charge is 2.13. The highest BCUT2D eigenvalue weighted by atomic mass is 35.5. The summed E-state index contributed by atoms with van der Waals surface area (Å²) in [6, 6.07) is 12.9. The van der Waals surface area contributed by atoms with Gasteiger partial charge in [-0.1, -0.05) is 41.4 Å². The summed E-state index contributed by atoms with van der Waals surface area (Å²) in [7, 11) is 0. The van der Waals surface area contributed by atoms with Gasteiger partial charge in [-0.25, -0.2) is 4.98 Å². The van der Waals surface area contributed by atoms with Gasteiger partial charge in [0, 0.05) is 35.3 Å². The van der Waals surface area contributed by atoms with E-state index in [-0.39, 0.29) is 11.8 Å². The second-order valence-electron chi connectivity index (χ2n) is 6.14. The molecule has 6 heteroatoms. The van der Waals surface area contributed by atoms with Crippen LogP contribution in [0.2, 0.25) is 10.0 Å². The fourth-order valence-electron chi connectivity index (χ4n) is 2.82. The third kappa shape index (κ3) is 4.82. The van der Waals surface area contributed by atoms with Crippen molar-refractivity contribution in [2.75, 3.05) is 0 Å². The molecule has 2 aromatic carbocycles. The predicted molar refractivity (Wildman–Crippen MR) is 102 cm³/mol. The third-order valence-corrected chi connectivity index (χ3v) is 4.65. The number of carbonyl (C=O) groups excluding carboxylic acids is 1. The second-order valence-corrected chi connectivity index (χ2v) is 6.99. The fraction of sp³-hybridized carbons (Fsp3) is 0.263. The molecule has 0 aliphatic rings. The van der Waals surface area contributed by atoms with Gasteiger partial charge in [0.05, 0.1) is 11.0 Å². The maximum absolute atomic E-state index is 12.2. The number of Topliss-reactive ketones (excluding diaryl/α,β-unsaturated/α-hetero) is 1. The Morgan fingerprint density at radius 1 is 1.20 bits per heavy atom. The van der Waals surface area contributed by atoms with Crippen molar-refractivity contribution >= 4 is 40.0 Å². The number of benzene rings is 2. The number of aryl methyl sites for hydroxylation is 1. The molecule has 0 fully saturated rings. The Bertz CT molecular complexity index is 858. The number of aromatic amines is 1. The number of hydrogen-bond acceptors (Lipinski definition) is 3. The molecule has 25 heavy (non-hydrogen) atoms. The molecule has 0 amide bonds. The minimum Gasteiger partial charge on any atom is -0.342 e. The number of hydrogen-bond donors (Lipinski definition) is 2. The summed E-state index contributed by atoms with van der Waals surface area (Å²) in [5, 5.41) is 1.17. The monoisotopic (exact) mass is 375 g/mol. The molecular weight excluding hydrogens is 357 g/mol. The van der Waals surface area contributed by atoms with Gasteiger partial charge in [-0.2, -0.15) is 0 Å². The Morgan fingerprint density at radius 2 is 2.00 bits per heavy atom. The summed E-state index contributed by atoms with van der Waals surface area (Å²) in [5.41, 5.74) is 8.92. The summed E-state index contributed by atoms with van der Waals surface area (Å²) in [6.45, 7) is 0. The Morgan fingerprint density at radius 3 is 2.76 bits per heavy atom. The summed E-state index contributed by atoms with van der Waals surface area (Å²) >= 11 is 12.0. The number of H-pyrrole nitrogens is 1. The van der Waals surface area contributed by atoms with Crippen LogP contribution in [0.25, 0.3) is 11.0 Å². The van der Waals surface area contributed by atoms with Crippen LogP contribution >= 0.6 is 23.2 Å². The van der Waals surface area contributed by atoms with Crippen molar-refractivity contribution in [3.63, 3.8) is 0 Å². The van der Waals surface area contributed by atoms with Crippen LogP contribution in [0.15, 0.2) is 42.5 Å². The minimum absolute atomic E-state index is 0.123. The van der Waals surface area contributed by atoms with Gasteiger partial charge in [0.1, 0.15) is 11.6 Å². The lowest BCUT2D eigenvalue weighted by Gasteiger charge is -2.12. The quantitative estimate of drug-likeness (QED) is 0.645. The van der Waals surface area contributed by atoms with Gasteiger partial charge >= 0.3 is 0 Å². The highest BCUT2D eigenvalue weighted by molar-refractivity contribution is 6.35. The zero-order chi connectivity index (χ0) is 17.8. The van der Waals surface area contributed by atoms with Crippen LogP contribution < -0.4 is 5.73 Å². The van der Waals surface area contributed by atoms with Crippen molar-refractivity contribution in [2.45, 2.75) is 31.7 Å². The van der Waals surface area contributed by atoms with Crippen molar-refractivity contribution in [3.05, 3.63) is 63.9 Å². The Labute approximate surface area is 156 Å². The molecule has 1 aromatic heterocycles. The van der Waals surface area contributed by atoms with E-state index in [0.29, 0.717) is 35.7 Å². The Hall–Kier alpha value is -1.88. The maximum atomic E-state index is 12.2. The molecule has 3 rings (SSSR count). The summed E-state index contributed by atoms with van der Waals surface area (Å²) in [6.07, 6.45) is 1.87.